The van der Waals surface area contributed by atoms with Gasteiger partial charge in [-0.15, -0.1) is 0 Å². The van der Waals surface area contributed by atoms with Crippen LogP contribution >= 0.6 is 23.2 Å². The molecule has 3 rings (SSSR count). The van der Waals surface area contributed by atoms with Crippen molar-refractivity contribution >= 4 is 40.8 Å². The fourth-order valence-electron chi connectivity index (χ4n) is 2.53. The summed E-state index contributed by atoms with van der Waals surface area (Å²) in [6.07, 6.45) is 1.69. The molecule has 124 valence electrons. The number of halogens is 2. The SMILES string of the molecule is COc1cc2c(cc1OC)/C(=C\c1ccc(Cl)cc1Cl)C(=O)OC2. The number of carbonyl (C=O) groups excluding carboxylic acids is 1. The minimum atomic E-state index is -0.416. The summed E-state index contributed by atoms with van der Waals surface area (Å²) in [6.45, 7) is 0.181. The van der Waals surface area contributed by atoms with Gasteiger partial charge in [0.25, 0.3) is 0 Å². The van der Waals surface area contributed by atoms with Gasteiger partial charge >= 0.3 is 5.97 Å². The van der Waals surface area contributed by atoms with Crippen LogP contribution in [0.1, 0.15) is 16.7 Å². The predicted molar refractivity (Wildman–Crippen MR) is 93.7 cm³/mol. The van der Waals surface area contributed by atoms with E-state index in [0.717, 1.165) is 11.1 Å². The molecule has 0 spiro atoms. The van der Waals surface area contributed by atoms with Gasteiger partial charge in [0.15, 0.2) is 11.5 Å². The summed E-state index contributed by atoms with van der Waals surface area (Å²) < 4.78 is 15.9. The van der Waals surface area contributed by atoms with Crippen LogP contribution in [0.5, 0.6) is 11.5 Å². The average molecular weight is 365 g/mol. The van der Waals surface area contributed by atoms with Gasteiger partial charge in [-0.25, -0.2) is 4.79 Å². The summed E-state index contributed by atoms with van der Waals surface area (Å²) in [7, 11) is 3.11. The van der Waals surface area contributed by atoms with Crippen molar-refractivity contribution in [3.8, 4) is 11.5 Å². The van der Waals surface area contributed by atoms with Gasteiger partial charge in [0.2, 0.25) is 0 Å². The van der Waals surface area contributed by atoms with E-state index < -0.39 is 5.97 Å². The molecule has 6 heteroatoms. The summed E-state index contributed by atoms with van der Waals surface area (Å²) in [5.74, 6) is 0.706. The molecule has 0 aliphatic carbocycles. The lowest BCUT2D eigenvalue weighted by Crippen LogP contribution is -2.15. The van der Waals surface area contributed by atoms with Crippen LogP contribution in [0.25, 0.3) is 11.6 Å². The normalized spacial score (nSPS) is 15.0. The molecule has 0 unspecified atom stereocenters. The number of esters is 1. The van der Waals surface area contributed by atoms with Crippen molar-refractivity contribution < 1.29 is 19.0 Å². The highest BCUT2D eigenvalue weighted by Gasteiger charge is 2.25. The number of fused-ring (bicyclic) bond motifs is 1. The molecule has 2 aromatic rings. The van der Waals surface area contributed by atoms with E-state index in [0.29, 0.717) is 32.7 Å². The molecule has 0 aromatic heterocycles. The molecule has 2 aromatic carbocycles. The predicted octanol–water partition coefficient (Wildman–Crippen LogP) is 4.61. The second-order valence-corrected chi connectivity index (χ2v) is 6.01. The molecule has 0 saturated carbocycles. The molecule has 24 heavy (non-hydrogen) atoms. The summed E-state index contributed by atoms with van der Waals surface area (Å²) in [5.41, 5.74) is 2.65. The minimum absolute atomic E-state index is 0.181. The second kappa shape index (κ2) is 6.75. The first-order chi connectivity index (χ1) is 11.5. The Morgan fingerprint density at radius 3 is 2.46 bits per heavy atom. The molecule has 1 aliphatic rings. The molecule has 0 radical (unpaired) electrons. The van der Waals surface area contributed by atoms with Gasteiger partial charge in [-0.1, -0.05) is 29.3 Å². The first-order valence-corrected chi connectivity index (χ1v) is 7.88. The zero-order valence-corrected chi connectivity index (χ0v) is 14.6. The van der Waals surface area contributed by atoms with Crippen LogP contribution < -0.4 is 9.47 Å². The van der Waals surface area contributed by atoms with Gasteiger partial charge in [-0.2, -0.15) is 0 Å². The molecule has 0 N–H and O–H groups in total. The van der Waals surface area contributed by atoms with Gasteiger partial charge in [-0.05, 0) is 41.5 Å². The smallest absolute Gasteiger partial charge is 0.339 e. The van der Waals surface area contributed by atoms with Crippen molar-refractivity contribution in [3.63, 3.8) is 0 Å². The van der Waals surface area contributed by atoms with Crippen molar-refractivity contribution in [1.82, 2.24) is 0 Å². The van der Waals surface area contributed by atoms with Crippen LogP contribution in [-0.2, 0) is 16.1 Å². The lowest BCUT2D eigenvalue weighted by Gasteiger charge is -2.21. The Morgan fingerprint density at radius 1 is 1.08 bits per heavy atom. The average Bonchev–Trinajstić information content (AvgIpc) is 2.58. The highest BCUT2D eigenvalue weighted by atomic mass is 35.5. The second-order valence-electron chi connectivity index (χ2n) is 5.16. The zero-order chi connectivity index (χ0) is 17.3. The Balaban J connectivity index is 2.16. The fraction of sp³-hybridized carbons (Fsp3) is 0.167. The van der Waals surface area contributed by atoms with Crippen LogP contribution in [0, 0.1) is 0 Å². The van der Waals surface area contributed by atoms with E-state index in [1.165, 1.54) is 0 Å². The lowest BCUT2D eigenvalue weighted by molar-refractivity contribution is -0.138. The summed E-state index contributed by atoms with van der Waals surface area (Å²) in [5, 5.41) is 0.982. The minimum Gasteiger partial charge on any atom is -0.493 e. The van der Waals surface area contributed by atoms with E-state index in [4.69, 9.17) is 37.4 Å². The van der Waals surface area contributed by atoms with Crippen molar-refractivity contribution in [1.29, 1.82) is 0 Å². The lowest BCUT2D eigenvalue weighted by atomic mass is 9.95. The number of ether oxygens (including phenoxy) is 3. The number of methoxy groups -OCH3 is 2. The monoisotopic (exact) mass is 364 g/mol. The highest BCUT2D eigenvalue weighted by molar-refractivity contribution is 6.36. The third kappa shape index (κ3) is 3.07. The third-order valence-corrected chi connectivity index (χ3v) is 4.30. The van der Waals surface area contributed by atoms with Crippen LogP contribution in [0.2, 0.25) is 10.0 Å². The Morgan fingerprint density at radius 2 is 1.79 bits per heavy atom. The number of hydrogen-bond acceptors (Lipinski definition) is 4. The number of benzene rings is 2. The number of hydrogen-bond donors (Lipinski definition) is 0. The summed E-state index contributed by atoms with van der Waals surface area (Å²) in [4.78, 5) is 12.3. The molecule has 0 fully saturated rings. The van der Waals surface area contributed by atoms with Crippen molar-refractivity contribution in [2.24, 2.45) is 0 Å². The molecule has 1 aliphatic heterocycles. The molecule has 0 atom stereocenters. The Labute approximate surface area is 149 Å². The van der Waals surface area contributed by atoms with E-state index in [2.05, 4.69) is 0 Å². The van der Waals surface area contributed by atoms with E-state index in [1.807, 2.05) is 0 Å². The Kier molecular flexibility index (Phi) is 4.69. The summed E-state index contributed by atoms with van der Waals surface area (Å²) in [6, 6.07) is 8.66. The van der Waals surface area contributed by atoms with Gasteiger partial charge in [-0.3, -0.25) is 0 Å². The van der Waals surface area contributed by atoms with Gasteiger partial charge in [0, 0.05) is 15.6 Å². The first-order valence-electron chi connectivity index (χ1n) is 7.12. The molecular formula is C18H14Cl2O4. The van der Waals surface area contributed by atoms with E-state index in [-0.39, 0.29) is 6.61 Å². The van der Waals surface area contributed by atoms with Crippen molar-refractivity contribution in [2.45, 2.75) is 6.61 Å². The number of rotatable bonds is 3. The van der Waals surface area contributed by atoms with Crippen molar-refractivity contribution in [2.75, 3.05) is 14.2 Å². The van der Waals surface area contributed by atoms with Crippen LogP contribution in [0.4, 0.5) is 0 Å². The van der Waals surface area contributed by atoms with Gasteiger partial charge < -0.3 is 14.2 Å². The van der Waals surface area contributed by atoms with Crippen LogP contribution in [0.3, 0.4) is 0 Å². The molecule has 0 saturated heterocycles. The standard InChI is InChI=1S/C18H14Cl2O4/c1-22-16-6-11-9-24-18(21)14(13(11)8-17(16)23-2)5-10-3-4-12(19)7-15(10)20/h3-8H,9H2,1-2H3/b14-5+. The zero-order valence-electron chi connectivity index (χ0n) is 13.1. The third-order valence-electron chi connectivity index (χ3n) is 3.74. The topological polar surface area (TPSA) is 44.8 Å². The Bertz CT molecular complexity index is 843. The largest absolute Gasteiger partial charge is 0.493 e. The van der Waals surface area contributed by atoms with Gasteiger partial charge in [0.05, 0.1) is 19.8 Å². The Hall–Kier alpha value is -2.17. The maximum atomic E-state index is 12.3. The maximum Gasteiger partial charge on any atom is 0.339 e. The quantitative estimate of drug-likeness (QED) is 0.589. The summed E-state index contributed by atoms with van der Waals surface area (Å²) >= 11 is 12.1. The number of carbonyl (C=O) groups is 1. The molecule has 4 nitrogen and oxygen atoms in total. The van der Waals surface area contributed by atoms with E-state index >= 15 is 0 Å². The molecule has 1 heterocycles. The fourth-order valence-corrected chi connectivity index (χ4v) is 3.00. The maximum absolute atomic E-state index is 12.3. The van der Waals surface area contributed by atoms with Gasteiger partial charge in [0.1, 0.15) is 6.61 Å². The van der Waals surface area contributed by atoms with E-state index in [1.54, 1.807) is 50.6 Å². The first kappa shape index (κ1) is 16.7. The number of cyclic esters (lactones) is 1. The highest BCUT2D eigenvalue weighted by Crippen LogP contribution is 2.38. The van der Waals surface area contributed by atoms with E-state index in [9.17, 15) is 4.79 Å². The van der Waals surface area contributed by atoms with Crippen LogP contribution in [0.15, 0.2) is 30.3 Å². The molecular weight excluding hydrogens is 351 g/mol. The molecule has 0 amide bonds. The molecule has 0 bridgehead atoms. The van der Waals surface area contributed by atoms with Crippen molar-refractivity contribution in [3.05, 3.63) is 57.1 Å². The van der Waals surface area contributed by atoms with Crippen LogP contribution in [-0.4, -0.2) is 20.2 Å².